The third-order valence-electron chi connectivity index (χ3n) is 6.24. The maximum atomic E-state index is 13.4. The lowest BCUT2D eigenvalue weighted by atomic mass is 10.0. The number of imide groups is 1. The summed E-state index contributed by atoms with van der Waals surface area (Å²) in [5, 5.41) is 3.11. The van der Waals surface area contributed by atoms with E-state index in [1.54, 1.807) is 43.3 Å². The number of nitrogens with one attached hydrogen (secondary N) is 1. The van der Waals surface area contributed by atoms with Crippen molar-refractivity contribution in [3.8, 4) is 11.5 Å². The van der Waals surface area contributed by atoms with Crippen LogP contribution in [0.1, 0.15) is 70.0 Å². The van der Waals surface area contributed by atoms with Crippen molar-refractivity contribution in [3.05, 3.63) is 58.7 Å². The van der Waals surface area contributed by atoms with Crippen LogP contribution in [0.15, 0.2) is 41.5 Å². The first-order valence-corrected chi connectivity index (χ1v) is 11.1. The van der Waals surface area contributed by atoms with Crippen LogP contribution in [0.2, 0.25) is 0 Å². The Labute approximate surface area is 196 Å². The average Bonchev–Trinajstić information content (AvgIpc) is 3.43. The van der Waals surface area contributed by atoms with E-state index in [0.717, 1.165) is 30.6 Å². The molecule has 1 heterocycles. The molecular weight excluding hydrogens is 438 g/mol. The Balaban J connectivity index is 1.74. The zero-order valence-electron chi connectivity index (χ0n) is 19.0. The number of hydrogen-bond acceptors (Lipinski definition) is 7. The molecule has 0 aromatic heterocycles. The Morgan fingerprint density at radius 1 is 1.18 bits per heavy atom. The zero-order valence-corrected chi connectivity index (χ0v) is 19.0. The van der Waals surface area contributed by atoms with E-state index in [9.17, 15) is 19.2 Å². The van der Waals surface area contributed by atoms with E-state index < -0.39 is 23.8 Å². The fourth-order valence-electron chi connectivity index (χ4n) is 4.60. The molecular formula is C25H25N3O6. The van der Waals surface area contributed by atoms with E-state index >= 15 is 0 Å². The third-order valence-corrected chi connectivity index (χ3v) is 6.24. The number of methoxy groups -OCH3 is 1. The van der Waals surface area contributed by atoms with Crippen LogP contribution in [0.5, 0.6) is 11.5 Å². The molecule has 1 aliphatic heterocycles. The molecule has 0 bridgehead atoms. The molecule has 176 valence electrons. The number of hydrogen-bond donors (Lipinski definition) is 1. The quantitative estimate of drug-likeness (QED) is 0.278. The molecule has 2 aromatic carbocycles. The van der Waals surface area contributed by atoms with Crippen LogP contribution < -0.4 is 14.9 Å². The highest BCUT2D eigenvalue weighted by Crippen LogP contribution is 2.39. The van der Waals surface area contributed by atoms with Gasteiger partial charge in [0.2, 0.25) is 5.91 Å². The van der Waals surface area contributed by atoms with Crippen LogP contribution in [0, 0.1) is 6.92 Å². The number of aryl methyl sites for hydroxylation is 1. The summed E-state index contributed by atoms with van der Waals surface area (Å²) in [5.74, 6) is -0.618. The minimum absolute atomic E-state index is 0.0507. The number of isocyanates is 1. The number of benzene rings is 2. The number of rotatable bonds is 8. The zero-order chi connectivity index (χ0) is 24.2. The normalized spacial score (nSPS) is 16.1. The number of fused-ring (bicyclic) bond motifs is 1. The van der Waals surface area contributed by atoms with Crippen molar-refractivity contribution in [1.29, 1.82) is 0 Å². The van der Waals surface area contributed by atoms with Gasteiger partial charge in [-0.25, -0.2) is 10.2 Å². The summed E-state index contributed by atoms with van der Waals surface area (Å²) in [4.78, 5) is 50.7. The van der Waals surface area contributed by atoms with Crippen LogP contribution in [0.3, 0.4) is 0 Å². The molecule has 2 aliphatic rings. The molecule has 1 unspecified atom stereocenters. The van der Waals surface area contributed by atoms with E-state index in [0.29, 0.717) is 28.2 Å². The molecule has 0 saturated heterocycles. The molecule has 1 N–H and O–H groups in total. The molecule has 0 spiro atoms. The molecule has 1 aliphatic carbocycles. The van der Waals surface area contributed by atoms with Crippen molar-refractivity contribution in [3.63, 3.8) is 0 Å². The number of amides is 3. The van der Waals surface area contributed by atoms with Gasteiger partial charge in [-0.05, 0) is 61.9 Å². The topological polar surface area (TPSA) is 114 Å². The highest BCUT2D eigenvalue weighted by Gasteiger charge is 2.42. The lowest BCUT2D eigenvalue weighted by Gasteiger charge is -2.27. The minimum Gasteiger partial charge on any atom is -0.493 e. The molecule has 9 heteroatoms. The number of nitrogens with zero attached hydrogens (tertiary/aromatic N) is 2. The van der Waals surface area contributed by atoms with Crippen LogP contribution in [-0.2, 0) is 9.59 Å². The maximum absolute atomic E-state index is 13.4. The molecule has 2 aromatic rings. The van der Waals surface area contributed by atoms with Crippen molar-refractivity contribution >= 4 is 23.8 Å². The van der Waals surface area contributed by atoms with Crippen LogP contribution in [-0.4, -0.2) is 41.9 Å². The monoisotopic (exact) mass is 463 g/mol. The standard InChI is InChI=1S/C25H25N3O6/c1-15-6-5-9-18-23(15)25(32)28(24(18)31)19(13-22(30)27-26-14-29)16-10-11-20(33-2)21(12-16)34-17-7-3-4-8-17/h5-6,9-12,17,19H,3-4,7-8,13H2,1-2H3,(H,27,30). The average molecular weight is 463 g/mol. The number of ether oxygens (including phenoxy) is 2. The molecule has 4 rings (SSSR count). The maximum Gasteiger partial charge on any atom is 0.262 e. The smallest absolute Gasteiger partial charge is 0.262 e. The lowest BCUT2D eigenvalue weighted by molar-refractivity contribution is -0.121. The second kappa shape index (κ2) is 9.89. The van der Waals surface area contributed by atoms with Gasteiger partial charge in [0.05, 0.1) is 36.8 Å². The molecule has 34 heavy (non-hydrogen) atoms. The molecule has 0 radical (unpaired) electrons. The summed E-state index contributed by atoms with van der Waals surface area (Å²) in [6.07, 6.45) is 5.03. The first-order chi connectivity index (χ1) is 16.4. The lowest BCUT2D eigenvalue weighted by Crippen LogP contribution is -2.37. The van der Waals surface area contributed by atoms with Crippen LogP contribution >= 0.6 is 0 Å². The second-order valence-corrected chi connectivity index (χ2v) is 8.37. The van der Waals surface area contributed by atoms with Gasteiger partial charge in [0.25, 0.3) is 17.9 Å². The van der Waals surface area contributed by atoms with E-state index in [1.165, 1.54) is 13.2 Å². The Hall–Kier alpha value is -3.97. The largest absolute Gasteiger partial charge is 0.493 e. The first-order valence-electron chi connectivity index (χ1n) is 11.1. The van der Waals surface area contributed by atoms with Crippen molar-refractivity contribution < 1.29 is 28.7 Å². The van der Waals surface area contributed by atoms with Gasteiger partial charge < -0.3 is 9.47 Å². The minimum atomic E-state index is -0.953. The summed E-state index contributed by atoms with van der Waals surface area (Å²) in [6, 6.07) is 9.20. The summed E-state index contributed by atoms with van der Waals surface area (Å²) in [5.41, 5.74) is 3.87. The Kier molecular flexibility index (Phi) is 6.75. The van der Waals surface area contributed by atoms with E-state index in [-0.39, 0.29) is 18.1 Å². The van der Waals surface area contributed by atoms with Crippen LogP contribution in [0.25, 0.3) is 0 Å². The van der Waals surface area contributed by atoms with E-state index in [1.807, 2.05) is 0 Å². The summed E-state index contributed by atoms with van der Waals surface area (Å²) >= 11 is 0. The summed E-state index contributed by atoms with van der Waals surface area (Å²) in [6.45, 7) is 1.76. The molecule has 1 atom stereocenters. The fraction of sp³-hybridized carbons (Fsp3) is 0.360. The molecule has 3 amide bonds. The highest BCUT2D eigenvalue weighted by molar-refractivity contribution is 6.22. The predicted octanol–water partition coefficient (Wildman–Crippen LogP) is 3.42. The van der Waals surface area contributed by atoms with Gasteiger partial charge in [-0.1, -0.05) is 23.3 Å². The number of carbonyl (C=O) groups is 3. The van der Waals surface area contributed by atoms with Gasteiger partial charge in [-0.15, -0.1) is 0 Å². The summed E-state index contributed by atoms with van der Waals surface area (Å²) < 4.78 is 11.6. The van der Waals surface area contributed by atoms with Gasteiger partial charge >= 0.3 is 0 Å². The molecule has 9 nitrogen and oxygen atoms in total. The Bertz CT molecular complexity index is 1180. The van der Waals surface area contributed by atoms with Gasteiger partial charge in [-0.3, -0.25) is 19.3 Å². The number of carbonyl (C=O) groups excluding carboxylic acids is 4. The molecule has 1 saturated carbocycles. The SMILES string of the molecule is COc1ccc(C(CC(=O)NN=C=O)N2C(=O)c3cccc(C)c3C2=O)cc1OC1CCCC1. The molecule has 1 fully saturated rings. The predicted molar refractivity (Wildman–Crippen MR) is 121 cm³/mol. The van der Waals surface area contributed by atoms with Crippen molar-refractivity contribution in [2.75, 3.05) is 7.11 Å². The second-order valence-electron chi connectivity index (χ2n) is 8.37. The van der Waals surface area contributed by atoms with Gasteiger partial charge in [-0.2, -0.15) is 0 Å². The van der Waals surface area contributed by atoms with E-state index in [4.69, 9.17) is 9.47 Å². The highest BCUT2D eigenvalue weighted by atomic mass is 16.5. The number of hydrazone groups is 1. The van der Waals surface area contributed by atoms with Crippen molar-refractivity contribution in [2.45, 2.75) is 51.2 Å². The van der Waals surface area contributed by atoms with Crippen molar-refractivity contribution in [2.24, 2.45) is 5.10 Å². The summed E-state index contributed by atoms with van der Waals surface area (Å²) in [7, 11) is 1.53. The van der Waals surface area contributed by atoms with Gasteiger partial charge in [0.1, 0.15) is 0 Å². The first kappa shape index (κ1) is 23.2. The van der Waals surface area contributed by atoms with Crippen molar-refractivity contribution in [1.82, 2.24) is 10.3 Å². The van der Waals surface area contributed by atoms with Gasteiger partial charge in [0, 0.05) is 0 Å². The Morgan fingerprint density at radius 2 is 1.94 bits per heavy atom. The Morgan fingerprint density at radius 3 is 2.62 bits per heavy atom. The van der Waals surface area contributed by atoms with Gasteiger partial charge in [0.15, 0.2) is 11.5 Å². The fourth-order valence-corrected chi connectivity index (χ4v) is 4.60. The van der Waals surface area contributed by atoms with E-state index in [2.05, 4.69) is 10.5 Å². The van der Waals surface area contributed by atoms with Crippen LogP contribution in [0.4, 0.5) is 0 Å². The third kappa shape index (κ3) is 4.43.